The molecular formula is C29H22ClN3O5S2. The molecule has 1 fully saturated rings. The zero-order chi connectivity index (χ0) is 27.9. The number of anilines is 1. The molecule has 0 saturated carbocycles. The molecule has 2 amide bonds. The molecule has 3 heterocycles. The van der Waals surface area contributed by atoms with E-state index in [0.29, 0.717) is 34.2 Å². The van der Waals surface area contributed by atoms with Gasteiger partial charge in [0, 0.05) is 17.1 Å². The van der Waals surface area contributed by atoms with Crippen LogP contribution in [0.2, 0.25) is 5.02 Å². The first-order chi connectivity index (χ1) is 19.3. The van der Waals surface area contributed by atoms with E-state index in [0.717, 1.165) is 31.6 Å². The highest BCUT2D eigenvalue weighted by molar-refractivity contribution is 7.91. The normalized spacial score (nSPS) is 15.9. The van der Waals surface area contributed by atoms with Crippen LogP contribution >= 0.6 is 22.9 Å². The SMILES string of the molecule is O=C1CC(N(CCc2cccc(Cl)c2)S(=O)(=O)c2cccs2)C(=O)N1c1ccc(-c2nc3ccccc3o2)cc1. The van der Waals surface area contributed by atoms with Crippen LogP contribution in [-0.2, 0) is 26.0 Å². The number of thiophene rings is 1. The molecule has 0 aliphatic carbocycles. The number of oxazole rings is 1. The Morgan fingerprint density at radius 3 is 2.52 bits per heavy atom. The molecular weight excluding hydrogens is 570 g/mol. The van der Waals surface area contributed by atoms with Crippen molar-refractivity contribution < 1.29 is 22.4 Å². The number of para-hydroxylation sites is 2. The number of hydrogen-bond acceptors (Lipinski definition) is 7. The zero-order valence-electron chi connectivity index (χ0n) is 20.9. The Bertz CT molecular complexity index is 1790. The molecule has 2 aromatic heterocycles. The van der Waals surface area contributed by atoms with Crippen molar-refractivity contribution in [2.24, 2.45) is 0 Å². The maximum Gasteiger partial charge on any atom is 0.253 e. The number of fused-ring (bicyclic) bond motifs is 1. The number of halogens is 1. The highest BCUT2D eigenvalue weighted by Gasteiger charge is 2.47. The van der Waals surface area contributed by atoms with Crippen LogP contribution in [0.1, 0.15) is 12.0 Å². The Morgan fingerprint density at radius 2 is 1.80 bits per heavy atom. The average Bonchev–Trinajstić information content (AvgIpc) is 3.69. The lowest BCUT2D eigenvalue weighted by Crippen LogP contribution is -2.46. The lowest BCUT2D eigenvalue weighted by molar-refractivity contribution is -0.122. The number of benzene rings is 3. The zero-order valence-corrected chi connectivity index (χ0v) is 23.3. The van der Waals surface area contributed by atoms with E-state index >= 15 is 0 Å². The average molecular weight is 592 g/mol. The van der Waals surface area contributed by atoms with Crippen LogP contribution in [-0.4, -0.2) is 42.1 Å². The topological polar surface area (TPSA) is 101 Å². The molecule has 1 aliphatic rings. The summed E-state index contributed by atoms with van der Waals surface area (Å²) < 4.78 is 34.4. The van der Waals surface area contributed by atoms with Gasteiger partial charge in [-0.25, -0.2) is 18.3 Å². The van der Waals surface area contributed by atoms with Gasteiger partial charge in [-0.1, -0.05) is 41.9 Å². The Morgan fingerprint density at radius 1 is 1.00 bits per heavy atom. The first kappa shape index (κ1) is 26.4. The number of imide groups is 1. The minimum Gasteiger partial charge on any atom is -0.436 e. The van der Waals surface area contributed by atoms with E-state index in [9.17, 15) is 18.0 Å². The van der Waals surface area contributed by atoms with Crippen LogP contribution < -0.4 is 4.90 Å². The summed E-state index contributed by atoms with van der Waals surface area (Å²) in [5.74, 6) is -0.650. The van der Waals surface area contributed by atoms with Crippen molar-refractivity contribution in [3.05, 3.63) is 101 Å². The summed E-state index contributed by atoms with van der Waals surface area (Å²) >= 11 is 7.18. The molecule has 3 aromatic carbocycles. The Hall–Kier alpha value is -3.83. The third-order valence-corrected chi connectivity index (χ3v) is 10.2. The van der Waals surface area contributed by atoms with Gasteiger partial charge in [-0.15, -0.1) is 11.3 Å². The second-order valence-electron chi connectivity index (χ2n) is 9.25. The van der Waals surface area contributed by atoms with Crippen molar-refractivity contribution in [3.8, 4) is 11.5 Å². The molecule has 202 valence electrons. The molecule has 6 rings (SSSR count). The minimum absolute atomic E-state index is 0.00869. The van der Waals surface area contributed by atoms with Crippen LogP contribution in [0.4, 0.5) is 5.69 Å². The second kappa shape index (κ2) is 10.6. The second-order valence-corrected chi connectivity index (χ2v) is 12.8. The molecule has 1 atom stereocenters. The predicted octanol–water partition coefficient (Wildman–Crippen LogP) is 5.78. The van der Waals surface area contributed by atoms with E-state index in [4.69, 9.17) is 16.0 Å². The van der Waals surface area contributed by atoms with Gasteiger partial charge in [0.2, 0.25) is 11.8 Å². The Labute approximate surface area is 239 Å². The van der Waals surface area contributed by atoms with Crippen molar-refractivity contribution in [2.45, 2.75) is 23.1 Å². The maximum absolute atomic E-state index is 13.7. The van der Waals surface area contributed by atoms with Crippen LogP contribution in [0.3, 0.4) is 0 Å². The minimum atomic E-state index is -4.04. The molecule has 1 saturated heterocycles. The Kier molecular flexibility index (Phi) is 7.01. The Balaban J connectivity index is 1.28. The van der Waals surface area contributed by atoms with Gasteiger partial charge in [0.25, 0.3) is 15.9 Å². The summed E-state index contributed by atoms with van der Waals surface area (Å²) in [6.45, 7) is 0.00869. The smallest absolute Gasteiger partial charge is 0.253 e. The number of hydrogen-bond donors (Lipinski definition) is 0. The van der Waals surface area contributed by atoms with Gasteiger partial charge in [-0.3, -0.25) is 9.59 Å². The summed E-state index contributed by atoms with van der Waals surface area (Å²) in [4.78, 5) is 32.3. The first-order valence-electron chi connectivity index (χ1n) is 12.4. The maximum atomic E-state index is 13.7. The van der Waals surface area contributed by atoms with E-state index in [2.05, 4.69) is 4.98 Å². The summed E-state index contributed by atoms with van der Waals surface area (Å²) in [7, 11) is -4.04. The van der Waals surface area contributed by atoms with Gasteiger partial charge in [0.15, 0.2) is 5.58 Å². The molecule has 1 unspecified atom stereocenters. The van der Waals surface area contributed by atoms with Gasteiger partial charge in [-0.2, -0.15) is 4.31 Å². The quantitative estimate of drug-likeness (QED) is 0.212. The van der Waals surface area contributed by atoms with E-state index in [-0.39, 0.29) is 17.2 Å². The molecule has 0 bridgehead atoms. The molecule has 5 aromatic rings. The summed E-state index contributed by atoms with van der Waals surface area (Å²) in [5.41, 5.74) is 3.22. The standard InChI is InChI=1S/C29H22ClN3O5S2/c30-21-6-3-5-19(17-21)14-15-32(40(36,37)27-9-4-16-39-27)24-18-26(34)33(29(24)35)22-12-10-20(11-13-22)28-31-23-7-1-2-8-25(23)38-28/h1-13,16-17,24H,14-15,18H2. The number of sulfonamides is 1. The van der Waals surface area contributed by atoms with E-state index in [1.807, 2.05) is 30.3 Å². The van der Waals surface area contributed by atoms with E-state index < -0.39 is 27.9 Å². The van der Waals surface area contributed by atoms with E-state index in [1.54, 1.807) is 53.9 Å². The fourth-order valence-electron chi connectivity index (χ4n) is 4.76. The van der Waals surface area contributed by atoms with Crippen molar-refractivity contribution in [1.29, 1.82) is 0 Å². The number of rotatable bonds is 8. The number of carbonyl (C=O) groups is 2. The number of carbonyl (C=O) groups excluding carboxylic acids is 2. The van der Waals surface area contributed by atoms with Crippen LogP contribution in [0, 0.1) is 0 Å². The van der Waals surface area contributed by atoms with Crippen LogP contribution in [0.15, 0.2) is 98.9 Å². The molecule has 0 radical (unpaired) electrons. The lowest BCUT2D eigenvalue weighted by atomic mass is 10.1. The molecule has 8 nitrogen and oxygen atoms in total. The third-order valence-electron chi connectivity index (χ3n) is 6.70. The largest absolute Gasteiger partial charge is 0.436 e. The van der Waals surface area contributed by atoms with Crippen LogP contribution in [0.5, 0.6) is 0 Å². The summed E-state index contributed by atoms with van der Waals surface area (Å²) in [6.07, 6.45) is 0.0637. The fourth-order valence-corrected chi connectivity index (χ4v) is 7.68. The van der Waals surface area contributed by atoms with Gasteiger partial charge in [0.1, 0.15) is 15.8 Å². The van der Waals surface area contributed by atoms with Gasteiger partial charge >= 0.3 is 0 Å². The van der Waals surface area contributed by atoms with Crippen molar-refractivity contribution in [3.63, 3.8) is 0 Å². The number of aromatic nitrogens is 1. The molecule has 11 heteroatoms. The van der Waals surface area contributed by atoms with Gasteiger partial charge in [-0.05, 0) is 72.0 Å². The van der Waals surface area contributed by atoms with Crippen molar-refractivity contribution in [2.75, 3.05) is 11.4 Å². The van der Waals surface area contributed by atoms with Crippen molar-refractivity contribution in [1.82, 2.24) is 9.29 Å². The monoisotopic (exact) mass is 591 g/mol. The predicted molar refractivity (Wildman–Crippen MR) is 154 cm³/mol. The molecule has 40 heavy (non-hydrogen) atoms. The highest BCUT2D eigenvalue weighted by Crippen LogP contribution is 2.32. The molecule has 0 N–H and O–H groups in total. The van der Waals surface area contributed by atoms with Crippen LogP contribution in [0.25, 0.3) is 22.6 Å². The summed E-state index contributed by atoms with van der Waals surface area (Å²) in [6, 6.07) is 23.2. The molecule has 0 spiro atoms. The van der Waals surface area contributed by atoms with Crippen molar-refractivity contribution >= 4 is 61.6 Å². The molecule has 1 aliphatic heterocycles. The summed E-state index contributed by atoms with van der Waals surface area (Å²) in [5, 5.41) is 2.19. The first-order valence-corrected chi connectivity index (χ1v) is 15.1. The number of amides is 2. The van der Waals surface area contributed by atoms with Gasteiger partial charge in [0.05, 0.1) is 12.1 Å². The lowest BCUT2D eigenvalue weighted by Gasteiger charge is -2.26. The van der Waals surface area contributed by atoms with Gasteiger partial charge < -0.3 is 4.42 Å². The number of nitrogens with zero attached hydrogens (tertiary/aromatic N) is 3. The fraction of sp³-hybridized carbons (Fsp3) is 0.138. The highest BCUT2D eigenvalue weighted by atomic mass is 35.5. The van der Waals surface area contributed by atoms with E-state index in [1.165, 1.54) is 6.07 Å². The third kappa shape index (κ3) is 4.95.